The molecule has 138 valence electrons. The van der Waals surface area contributed by atoms with Crippen molar-refractivity contribution in [1.82, 2.24) is 5.32 Å². The van der Waals surface area contributed by atoms with Gasteiger partial charge in [-0.15, -0.1) is 0 Å². The van der Waals surface area contributed by atoms with Gasteiger partial charge in [-0.05, 0) is 54.7 Å². The summed E-state index contributed by atoms with van der Waals surface area (Å²) >= 11 is 0. The van der Waals surface area contributed by atoms with Crippen LogP contribution in [0.4, 0.5) is 13.2 Å². The average molecular weight is 383 g/mol. The van der Waals surface area contributed by atoms with Gasteiger partial charge in [0.15, 0.2) is 0 Å². The summed E-state index contributed by atoms with van der Waals surface area (Å²) in [5.41, 5.74) is -3.07. The summed E-state index contributed by atoms with van der Waals surface area (Å²) in [6, 6.07) is 11.4. The number of fused-ring (bicyclic) bond motifs is 1. The molecule has 0 fully saturated rings. The molecule has 0 aliphatic heterocycles. The van der Waals surface area contributed by atoms with Crippen molar-refractivity contribution in [1.29, 1.82) is 0 Å². The van der Waals surface area contributed by atoms with E-state index in [2.05, 4.69) is 5.32 Å². The number of benzene rings is 2. The van der Waals surface area contributed by atoms with E-state index in [4.69, 9.17) is 0 Å². The van der Waals surface area contributed by atoms with Gasteiger partial charge in [0.25, 0.3) is 15.7 Å². The van der Waals surface area contributed by atoms with Crippen LogP contribution in [-0.2, 0) is 16.3 Å². The Bertz CT molecular complexity index is 921. The minimum Gasteiger partial charge on any atom is -0.345 e. The first kappa shape index (κ1) is 18.4. The van der Waals surface area contributed by atoms with E-state index >= 15 is 0 Å². The summed E-state index contributed by atoms with van der Waals surface area (Å²) in [5, 5.41) is 2.87. The normalized spacial score (nSPS) is 17.4. The zero-order chi connectivity index (χ0) is 18.9. The van der Waals surface area contributed by atoms with Crippen LogP contribution in [0.1, 0.15) is 40.4 Å². The zero-order valence-corrected chi connectivity index (χ0v) is 14.4. The van der Waals surface area contributed by atoms with Crippen LogP contribution in [0.15, 0.2) is 53.4 Å². The Morgan fingerprint density at radius 2 is 1.69 bits per heavy atom. The molecule has 2 aromatic carbocycles. The van der Waals surface area contributed by atoms with Crippen LogP contribution in [0.3, 0.4) is 0 Å². The number of rotatable bonds is 3. The fourth-order valence-electron chi connectivity index (χ4n) is 3.06. The van der Waals surface area contributed by atoms with E-state index in [1.54, 1.807) is 0 Å². The predicted molar refractivity (Wildman–Crippen MR) is 89.3 cm³/mol. The second kappa shape index (κ2) is 6.75. The summed E-state index contributed by atoms with van der Waals surface area (Å²) in [6.45, 7) is 0. The molecule has 1 N–H and O–H groups in total. The van der Waals surface area contributed by atoms with E-state index < -0.39 is 26.1 Å². The first-order valence-corrected chi connectivity index (χ1v) is 9.48. The van der Waals surface area contributed by atoms with Crippen LogP contribution in [0, 0.1) is 0 Å². The molecule has 2 aromatic rings. The lowest BCUT2D eigenvalue weighted by molar-refractivity contribution is -0.0436. The number of hydrogen-bond donors (Lipinski definition) is 1. The molecule has 1 unspecified atom stereocenters. The summed E-state index contributed by atoms with van der Waals surface area (Å²) in [6.07, 6.45) is 2.63. The highest BCUT2D eigenvalue weighted by Gasteiger charge is 2.46. The minimum atomic E-state index is -5.42. The summed E-state index contributed by atoms with van der Waals surface area (Å²) < 4.78 is 60.4. The SMILES string of the molecule is O=C(NC1CCCc2ccccc21)c1ccc(S(=O)(=O)C(F)(F)F)cc1. The van der Waals surface area contributed by atoms with Gasteiger partial charge >= 0.3 is 5.51 Å². The topological polar surface area (TPSA) is 63.2 Å². The third-order valence-electron chi connectivity index (χ3n) is 4.41. The molecule has 1 amide bonds. The Morgan fingerprint density at radius 1 is 1.04 bits per heavy atom. The van der Waals surface area contributed by atoms with Gasteiger partial charge in [-0.25, -0.2) is 8.42 Å². The summed E-state index contributed by atoms with van der Waals surface area (Å²) in [5.74, 6) is -0.456. The number of nitrogens with one attached hydrogen (secondary N) is 1. The van der Waals surface area contributed by atoms with Gasteiger partial charge in [0.05, 0.1) is 10.9 Å². The number of alkyl halides is 3. The maximum Gasteiger partial charge on any atom is 0.501 e. The molecule has 4 nitrogen and oxygen atoms in total. The zero-order valence-electron chi connectivity index (χ0n) is 13.6. The number of hydrogen-bond acceptors (Lipinski definition) is 3. The molecule has 1 atom stereocenters. The largest absolute Gasteiger partial charge is 0.501 e. The molecule has 3 rings (SSSR count). The number of carbonyl (C=O) groups excluding carboxylic acids is 1. The molecule has 0 aromatic heterocycles. The minimum absolute atomic E-state index is 0.106. The van der Waals surface area contributed by atoms with Crippen molar-refractivity contribution in [3.05, 3.63) is 65.2 Å². The lowest BCUT2D eigenvalue weighted by atomic mass is 9.87. The van der Waals surface area contributed by atoms with Crippen molar-refractivity contribution < 1.29 is 26.4 Å². The van der Waals surface area contributed by atoms with Crippen LogP contribution in [-0.4, -0.2) is 19.8 Å². The lowest BCUT2D eigenvalue weighted by Crippen LogP contribution is -2.31. The second-order valence-corrected chi connectivity index (χ2v) is 8.03. The molecule has 1 aliphatic rings. The Labute approximate surface area is 149 Å². The predicted octanol–water partition coefficient (Wildman–Crippen LogP) is 3.79. The summed E-state index contributed by atoms with van der Waals surface area (Å²) in [4.78, 5) is 11.5. The van der Waals surface area contributed by atoms with Gasteiger partial charge in [0.2, 0.25) is 0 Å². The Hall–Kier alpha value is -2.35. The second-order valence-electron chi connectivity index (χ2n) is 6.09. The van der Waals surface area contributed by atoms with Crippen LogP contribution in [0.25, 0.3) is 0 Å². The molecule has 1 aliphatic carbocycles. The van der Waals surface area contributed by atoms with Gasteiger partial charge in [-0.2, -0.15) is 13.2 Å². The molecule has 0 spiro atoms. The number of sulfone groups is 1. The van der Waals surface area contributed by atoms with Crippen molar-refractivity contribution in [3.63, 3.8) is 0 Å². The van der Waals surface area contributed by atoms with Crippen LogP contribution in [0.2, 0.25) is 0 Å². The molecule has 26 heavy (non-hydrogen) atoms. The van der Waals surface area contributed by atoms with E-state index in [0.717, 1.165) is 54.7 Å². The van der Waals surface area contributed by atoms with Crippen molar-refractivity contribution in [2.45, 2.75) is 35.7 Å². The lowest BCUT2D eigenvalue weighted by Gasteiger charge is -2.26. The standard InChI is InChI=1S/C18H16F3NO3S/c19-18(20,21)26(24,25)14-10-8-13(9-11-14)17(23)22-16-7-3-5-12-4-1-2-6-15(12)16/h1-2,4,6,8-11,16H,3,5,7H2,(H,22,23). The van der Waals surface area contributed by atoms with Crippen molar-refractivity contribution in [2.24, 2.45) is 0 Å². The quantitative estimate of drug-likeness (QED) is 0.877. The highest BCUT2D eigenvalue weighted by atomic mass is 32.2. The van der Waals surface area contributed by atoms with E-state index in [1.165, 1.54) is 0 Å². The summed E-state index contributed by atoms with van der Waals surface area (Å²) in [7, 11) is -5.42. The van der Waals surface area contributed by atoms with Gasteiger partial charge in [0.1, 0.15) is 0 Å². The van der Waals surface area contributed by atoms with E-state index in [1.807, 2.05) is 24.3 Å². The number of carbonyl (C=O) groups is 1. The Balaban J connectivity index is 1.78. The Kier molecular flexibility index (Phi) is 4.79. The van der Waals surface area contributed by atoms with Crippen LogP contribution in [0.5, 0.6) is 0 Å². The molecule has 0 saturated heterocycles. The first-order chi connectivity index (χ1) is 12.2. The van der Waals surface area contributed by atoms with Gasteiger partial charge in [-0.3, -0.25) is 4.79 Å². The van der Waals surface area contributed by atoms with Gasteiger partial charge in [0, 0.05) is 5.56 Å². The smallest absolute Gasteiger partial charge is 0.345 e. The highest BCUT2D eigenvalue weighted by Crippen LogP contribution is 2.31. The molecular weight excluding hydrogens is 367 g/mol. The monoisotopic (exact) mass is 383 g/mol. The fourth-order valence-corrected chi connectivity index (χ4v) is 3.83. The van der Waals surface area contributed by atoms with Crippen molar-refractivity contribution >= 4 is 15.7 Å². The van der Waals surface area contributed by atoms with Crippen LogP contribution < -0.4 is 5.32 Å². The van der Waals surface area contributed by atoms with Crippen molar-refractivity contribution in [2.75, 3.05) is 0 Å². The van der Waals surface area contributed by atoms with E-state index in [0.29, 0.717) is 0 Å². The third-order valence-corrected chi connectivity index (χ3v) is 5.91. The molecule has 0 bridgehead atoms. The first-order valence-electron chi connectivity index (χ1n) is 8.00. The number of amides is 1. The van der Waals surface area contributed by atoms with Gasteiger partial charge in [-0.1, -0.05) is 24.3 Å². The third kappa shape index (κ3) is 3.46. The molecule has 0 saturated carbocycles. The van der Waals surface area contributed by atoms with E-state index in [9.17, 15) is 26.4 Å². The Morgan fingerprint density at radius 3 is 2.35 bits per heavy atom. The molecule has 8 heteroatoms. The number of aryl methyl sites for hydroxylation is 1. The van der Waals surface area contributed by atoms with Crippen molar-refractivity contribution in [3.8, 4) is 0 Å². The van der Waals surface area contributed by atoms with Gasteiger partial charge < -0.3 is 5.32 Å². The molecular formula is C18H16F3NO3S. The molecule has 0 radical (unpaired) electrons. The van der Waals surface area contributed by atoms with E-state index in [-0.39, 0.29) is 11.6 Å². The number of halogens is 3. The maximum absolute atomic E-state index is 12.6. The highest BCUT2D eigenvalue weighted by molar-refractivity contribution is 7.92. The van der Waals surface area contributed by atoms with Crippen LogP contribution >= 0.6 is 0 Å². The maximum atomic E-state index is 12.6. The molecule has 0 heterocycles. The fraction of sp³-hybridized carbons (Fsp3) is 0.278. The average Bonchev–Trinajstić information content (AvgIpc) is 2.61.